The van der Waals surface area contributed by atoms with Crippen molar-refractivity contribution in [2.75, 3.05) is 93.7 Å². The Balaban J connectivity index is 0.675. The molecule has 1 spiro atoms. The molecule has 2 unspecified atom stereocenters. The molecule has 84 heavy (non-hydrogen) atoms. The summed E-state index contributed by atoms with van der Waals surface area (Å²) in [6.45, 7) is 22.0. The van der Waals surface area contributed by atoms with Gasteiger partial charge in [-0.05, 0) is 148 Å². The third kappa shape index (κ3) is 12.3. The van der Waals surface area contributed by atoms with Crippen LogP contribution in [0.2, 0.25) is 0 Å². The lowest BCUT2D eigenvalue weighted by molar-refractivity contribution is -0.120. The average Bonchev–Trinajstić information content (AvgIpc) is 4.16. The minimum atomic E-state index is -0.703. The molecule has 448 valence electrons. The first-order chi connectivity index (χ1) is 40.1. The van der Waals surface area contributed by atoms with Gasteiger partial charge in [0.15, 0.2) is 10.9 Å². The van der Waals surface area contributed by atoms with Gasteiger partial charge < -0.3 is 33.8 Å². The van der Waals surface area contributed by atoms with Crippen LogP contribution in [0.15, 0.2) is 42.6 Å². The lowest BCUT2D eigenvalue weighted by Gasteiger charge is -2.47. The third-order valence-electron chi connectivity index (χ3n) is 18.4. The summed E-state index contributed by atoms with van der Waals surface area (Å²) < 4.78 is 36.1. The number of rotatable bonds is 12. The Labute approximate surface area is 494 Å². The lowest BCUT2D eigenvalue weighted by Crippen LogP contribution is -2.57. The second kappa shape index (κ2) is 22.6. The van der Waals surface area contributed by atoms with Crippen LogP contribution >= 0.6 is 11.3 Å². The zero-order chi connectivity index (χ0) is 58.9. The van der Waals surface area contributed by atoms with E-state index in [4.69, 9.17) is 34.1 Å². The molecule has 5 saturated heterocycles. The number of urea groups is 1. The number of halogens is 1. The minimum Gasteiger partial charge on any atom is -0.463 e. The van der Waals surface area contributed by atoms with Gasteiger partial charge in [-0.15, -0.1) is 0 Å². The predicted molar refractivity (Wildman–Crippen MR) is 319 cm³/mol. The highest BCUT2D eigenvalue weighted by Crippen LogP contribution is 2.49. The van der Waals surface area contributed by atoms with Gasteiger partial charge >= 0.3 is 24.2 Å². The molecular weight excluding hydrogens is 1090 g/mol. The maximum Gasteiger partial charge on any atom is 0.413 e. The van der Waals surface area contributed by atoms with Gasteiger partial charge in [0.05, 0.1) is 34.3 Å². The highest BCUT2D eigenvalue weighted by molar-refractivity contribution is 7.22. The van der Waals surface area contributed by atoms with E-state index in [0.717, 1.165) is 101 Å². The summed E-state index contributed by atoms with van der Waals surface area (Å²) in [7, 11) is 0. The molecule has 20 nitrogen and oxygen atoms in total. The van der Waals surface area contributed by atoms with Crippen molar-refractivity contribution in [1.82, 2.24) is 44.9 Å². The molecule has 5 aliphatic heterocycles. The van der Waals surface area contributed by atoms with Crippen LogP contribution in [0.3, 0.4) is 0 Å². The third-order valence-corrected chi connectivity index (χ3v) is 19.3. The van der Waals surface area contributed by atoms with E-state index in [2.05, 4.69) is 25.3 Å². The van der Waals surface area contributed by atoms with Crippen molar-refractivity contribution in [3.8, 4) is 17.3 Å². The summed E-state index contributed by atoms with van der Waals surface area (Å²) in [6.07, 6.45) is 11.4. The smallest absolute Gasteiger partial charge is 0.413 e. The summed E-state index contributed by atoms with van der Waals surface area (Å²) in [5.41, 5.74) is 2.07. The number of aryl methyl sites for hydroxylation is 1. The van der Waals surface area contributed by atoms with E-state index in [9.17, 15) is 24.0 Å². The molecule has 6 amide bonds. The van der Waals surface area contributed by atoms with E-state index >= 15 is 4.39 Å². The SMILES string of the molecule is Cc1ccc(C(=O)N2CCC3(CCC(CN4CCN(CC5(COc6nc(N7CC8CCC(C7)N8C(=O)OC(C)(C)C)c7cnc(-c8cccc9sc(NC(=O)OC(C)(C)C)nc89)c(F)c7n6)CC5)CC4)CC3)CC2)cc1N1CCC(=O)NC1=O. The van der Waals surface area contributed by atoms with E-state index in [1.165, 1.54) is 37.0 Å². The van der Waals surface area contributed by atoms with Crippen molar-refractivity contribution in [3.63, 3.8) is 0 Å². The van der Waals surface area contributed by atoms with Crippen LogP contribution in [0.4, 0.5) is 35.4 Å². The van der Waals surface area contributed by atoms with Gasteiger partial charge in [-0.25, -0.2) is 23.8 Å². The van der Waals surface area contributed by atoms with Gasteiger partial charge in [0.25, 0.3) is 5.91 Å². The van der Waals surface area contributed by atoms with Crippen LogP contribution in [0.1, 0.15) is 128 Å². The normalized spacial score (nSPS) is 22.2. The molecule has 7 aliphatic rings. The molecule has 8 heterocycles. The number of anilines is 3. The maximum atomic E-state index is 17.5. The average molecular weight is 1170 g/mol. The molecule has 22 heteroatoms. The Kier molecular flexibility index (Phi) is 15.5. The van der Waals surface area contributed by atoms with Gasteiger partial charge in [0, 0.05) is 107 Å². The quantitative estimate of drug-likeness (QED) is 0.119. The van der Waals surface area contributed by atoms with E-state index in [1.54, 1.807) is 44.0 Å². The molecule has 2 N–H and O–H groups in total. The van der Waals surface area contributed by atoms with Crippen LogP contribution < -0.4 is 25.2 Å². The van der Waals surface area contributed by atoms with E-state index in [-0.39, 0.29) is 64.5 Å². The van der Waals surface area contributed by atoms with Crippen molar-refractivity contribution in [1.29, 1.82) is 0 Å². The molecule has 5 aromatic rings. The van der Waals surface area contributed by atoms with Crippen LogP contribution in [0.25, 0.3) is 32.4 Å². The van der Waals surface area contributed by atoms with Crippen molar-refractivity contribution >= 4 is 79.1 Å². The number of pyridine rings is 1. The Hall–Kier alpha value is -6.78. The number of ether oxygens (including phenoxy) is 3. The van der Waals surface area contributed by atoms with E-state index < -0.39 is 29.1 Å². The second-order valence-corrected chi connectivity index (χ2v) is 27.9. The van der Waals surface area contributed by atoms with Crippen LogP contribution in [0.5, 0.6) is 6.01 Å². The molecular formula is C62H79FN12O8S. The van der Waals surface area contributed by atoms with Gasteiger partial charge in [-0.1, -0.05) is 29.5 Å². The topological polar surface area (TPSA) is 208 Å². The zero-order valence-corrected chi connectivity index (χ0v) is 50.4. The van der Waals surface area contributed by atoms with E-state index in [0.29, 0.717) is 70.8 Å². The number of benzene rings is 2. The van der Waals surface area contributed by atoms with Crippen LogP contribution in [0, 0.1) is 29.5 Å². The first kappa shape index (κ1) is 57.6. The Morgan fingerprint density at radius 1 is 0.810 bits per heavy atom. The number of nitrogens with zero attached hydrogens (tertiary/aromatic N) is 10. The number of amides is 6. The summed E-state index contributed by atoms with van der Waals surface area (Å²) >= 11 is 1.26. The highest BCUT2D eigenvalue weighted by atomic mass is 32.1. The monoisotopic (exact) mass is 1170 g/mol. The van der Waals surface area contributed by atoms with Crippen LogP contribution in [-0.4, -0.2) is 171 Å². The number of hydrogen-bond donors (Lipinski definition) is 2. The van der Waals surface area contributed by atoms with E-state index in [1.807, 2.05) is 61.8 Å². The van der Waals surface area contributed by atoms with Crippen LogP contribution in [-0.2, 0) is 14.3 Å². The number of thiazole rings is 1. The minimum absolute atomic E-state index is 0.00324. The summed E-state index contributed by atoms with van der Waals surface area (Å²) in [6, 6.07) is 10.4. The standard InChI is InChI=1S/C62H79FN12O8S/c1-38-11-12-40(31-45(38)74-24-17-47(76)65-56(74)78)53(77)72-25-22-61(23-26-72)18-15-39(16-19-61)33-70-27-29-71(30-28-70)36-62(20-21-62)37-81-54-66-51-44(52(68-54)73-34-41-13-14-42(35-73)75(41)58(80)83-60(5,6)7)32-64-50(48(51)63)43-9-8-10-46-49(43)67-55(84-46)69-57(79)82-59(2,3)4/h8-12,31-32,39,41-42H,13-30,33-37H2,1-7H3,(H,65,76,78)(H,67,69,79). The fourth-order valence-electron chi connectivity index (χ4n) is 13.7. The second-order valence-electron chi connectivity index (χ2n) is 26.8. The predicted octanol–water partition coefficient (Wildman–Crippen LogP) is 10.0. The first-order valence-electron chi connectivity index (χ1n) is 30.2. The lowest BCUT2D eigenvalue weighted by atomic mass is 9.65. The molecule has 2 saturated carbocycles. The fraction of sp³-hybridized carbons (Fsp3) is 0.597. The van der Waals surface area contributed by atoms with Crippen molar-refractivity contribution < 1.29 is 42.6 Å². The van der Waals surface area contributed by atoms with Crippen molar-refractivity contribution in [2.24, 2.45) is 16.7 Å². The number of carbonyl (C=O) groups is 5. The number of carbonyl (C=O) groups excluding carboxylic acids is 5. The van der Waals surface area contributed by atoms with Crippen molar-refractivity contribution in [2.45, 2.75) is 142 Å². The first-order valence-corrected chi connectivity index (χ1v) is 31.0. The molecule has 7 fully saturated rings. The highest BCUT2D eigenvalue weighted by Gasteiger charge is 2.48. The summed E-state index contributed by atoms with van der Waals surface area (Å²) in [5.74, 6) is 0.250. The van der Waals surface area contributed by atoms with Gasteiger partial charge in [-0.2, -0.15) is 9.97 Å². The van der Waals surface area contributed by atoms with Gasteiger partial charge in [0.1, 0.15) is 28.2 Å². The number of piperazine rings is 2. The fourth-order valence-corrected chi connectivity index (χ4v) is 14.5. The van der Waals surface area contributed by atoms with Gasteiger partial charge in [-0.3, -0.25) is 35.0 Å². The molecule has 0 radical (unpaired) electrons. The molecule has 3 aromatic heterocycles. The maximum absolute atomic E-state index is 17.5. The largest absolute Gasteiger partial charge is 0.463 e. The number of imide groups is 1. The molecule has 2 aliphatic carbocycles. The van der Waals surface area contributed by atoms with Crippen molar-refractivity contribution in [3.05, 3.63) is 59.5 Å². The number of nitrogens with one attached hydrogen (secondary N) is 2. The number of hydrogen-bond acceptors (Lipinski definition) is 16. The number of para-hydroxylation sites is 1. The number of aromatic nitrogens is 4. The Bertz CT molecular complexity index is 3360. The molecule has 12 rings (SSSR count). The number of piperidine rings is 1. The molecule has 2 aromatic carbocycles. The van der Waals surface area contributed by atoms with Gasteiger partial charge in [0.2, 0.25) is 5.91 Å². The summed E-state index contributed by atoms with van der Waals surface area (Å²) in [5, 5.41) is 5.87. The molecule has 2 atom stereocenters. The zero-order valence-electron chi connectivity index (χ0n) is 49.6. The Morgan fingerprint density at radius 2 is 1.51 bits per heavy atom. The molecule has 2 bridgehead atoms. The summed E-state index contributed by atoms with van der Waals surface area (Å²) in [4.78, 5) is 96.5. The number of fused-ring (bicyclic) bond motifs is 4. The Morgan fingerprint density at radius 3 is 2.19 bits per heavy atom. The number of likely N-dealkylation sites (tertiary alicyclic amines) is 1.